The van der Waals surface area contributed by atoms with Crippen LogP contribution in [0.5, 0.6) is 0 Å². The molecule has 2 atom stereocenters. The van der Waals surface area contributed by atoms with E-state index < -0.39 is 18.1 Å². The molecule has 8 heteroatoms. The zero-order valence-electron chi connectivity index (χ0n) is 13.7. The normalized spacial score (nSPS) is 24.8. The molecule has 2 rings (SSSR count). The Morgan fingerprint density at radius 2 is 2.04 bits per heavy atom. The molecule has 0 aromatic heterocycles. The van der Waals surface area contributed by atoms with Gasteiger partial charge in [0, 0.05) is 25.7 Å². The number of carbonyl (C=O) groups is 3. The molecule has 130 valence electrons. The van der Waals surface area contributed by atoms with Gasteiger partial charge in [-0.15, -0.1) is 0 Å². The molecule has 2 fully saturated rings. The number of urea groups is 1. The minimum atomic E-state index is -0.942. The van der Waals surface area contributed by atoms with Crippen molar-refractivity contribution < 1.29 is 24.2 Å². The van der Waals surface area contributed by atoms with Crippen LogP contribution in [0.25, 0.3) is 0 Å². The number of ether oxygens (including phenoxy) is 1. The highest BCUT2D eigenvalue weighted by Crippen LogP contribution is 2.21. The van der Waals surface area contributed by atoms with E-state index in [1.54, 1.807) is 9.80 Å². The fourth-order valence-corrected chi connectivity index (χ4v) is 3.04. The molecule has 0 radical (unpaired) electrons. The van der Waals surface area contributed by atoms with E-state index in [9.17, 15) is 14.4 Å². The number of aliphatic carboxylic acids is 1. The lowest BCUT2D eigenvalue weighted by Crippen LogP contribution is -2.55. The lowest BCUT2D eigenvalue weighted by atomic mass is 10.1. The molecule has 0 aromatic carbocycles. The summed E-state index contributed by atoms with van der Waals surface area (Å²) < 4.78 is 5.39. The summed E-state index contributed by atoms with van der Waals surface area (Å²) in [4.78, 5) is 39.0. The molecule has 2 N–H and O–H groups in total. The monoisotopic (exact) mass is 327 g/mol. The molecule has 2 aliphatic rings. The Balaban J connectivity index is 1.97. The fourth-order valence-electron chi connectivity index (χ4n) is 3.04. The van der Waals surface area contributed by atoms with Gasteiger partial charge in [0.2, 0.25) is 5.91 Å². The predicted octanol–water partition coefficient (Wildman–Crippen LogP) is 0.271. The number of hydrogen-bond donors (Lipinski definition) is 2. The van der Waals surface area contributed by atoms with Gasteiger partial charge in [0.1, 0.15) is 6.04 Å². The second-order valence-electron chi connectivity index (χ2n) is 6.33. The van der Waals surface area contributed by atoms with Crippen LogP contribution in [0.1, 0.15) is 33.1 Å². The molecule has 0 aromatic rings. The van der Waals surface area contributed by atoms with Gasteiger partial charge in [-0.05, 0) is 26.7 Å². The topological polar surface area (TPSA) is 99.2 Å². The van der Waals surface area contributed by atoms with Crippen molar-refractivity contribution in [3.8, 4) is 0 Å². The summed E-state index contributed by atoms with van der Waals surface area (Å²) >= 11 is 0. The van der Waals surface area contributed by atoms with E-state index in [-0.39, 0.29) is 30.9 Å². The SMILES string of the molecule is CC(C)NC(=O)N1CCC[C@H]1C(=O)N1CCOC(CC(=O)O)C1. The van der Waals surface area contributed by atoms with Crippen molar-refractivity contribution in [3.05, 3.63) is 0 Å². The van der Waals surface area contributed by atoms with Crippen LogP contribution < -0.4 is 5.32 Å². The quantitative estimate of drug-likeness (QED) is 0.772. The Morgan fingerprint density at radius 3 is 2.70 bits per heavy atom. The zero-order valence-corrected chi connectivity index (χ0v) is 13.7. The highest BCUT2D eigenvalue weighted by Gasteiger charge is 2.38. The summed E-state index contributed by atoms with van der Waals surface area (Å²) in [5.74, 6) is -1.05. The summed E-state index contributed by atoms with van der Waals surface area (Å²) in [5.41, 5.74) is 0. The second kappa shape index (κ2) is 7.63. The average molecular weight is 327 g/mol. The molecule has 2 heterocycles. The Hall–Kier alpha value is -1.83. The van der Waals surface area contributed by atoms with Crippen molar-refractivity contribution in [2.45, 2.75) is 51.3 Å². The molecule has 0 bridgehead atoms. The van der Waals surface area contributed by atoms with E-state index in [4.69, 9.17) is 9.84 Å². The number of hydrogen-bond acceptors (Lipinski definition) is 4. The van der Waals surface area contributed by atoms with E-state index in [0.717, 1.165) is 6.42 Å². The minimum Gasteiger partial charge on any atom is -0.481 e. The molecule has 23 heavy (non-hydrogen) atoms. The summed E-state index contributed by atoms with van der Waals surface area (Å²) in [7, 11) is 0. The number of carbonyl (C=O) groups excluding carboxylic acids is 2. The van der Waals surface area contributed by atoms with Crippen LogP contribution in [0.15, 0.2) is 0 Å². The Kier molecular flexibility index (Phi) is 5.81. The van der Waals surface area contributed by atoms with Crippen LogP contribution in [-0.4, -0.2) is 77.2 Å². The van der Waals surface area contributed by atoms with E-state index in [1.165, 1.54) is 0 Å². The molecular formula is C15H25N3O5. The van der Waals surface area contributed by atoms with Gasteiger partial charge in [-0.25, -0.2) is 4.79 Å². The van der Waals surface area contributed by atoms with Gasteiger partial charge in [0.05, 0.1) is 19.1 Å². The first-order chi connectivity index (χ1) is 10.9. The lowest BCUT2D eigenvalue weighted by Gasteiger charge is -2.36. The smallest absolute Gasteiger partial charge is 0.318 e. The van der Waals surface area contributed by atoms with Gasteiger partial charge in [-0.1, -0.05) is 0 Å². The molecule has 1 unspecified atom stereocenters. The maximum atomic E-state index is 12.7. The first-order valence-corrected chi connectivity index (χ1v) is 8.07. The first kappa shape index (κ1) is 17.5. The summed E-state index contributed by atoms with van der Waals surface area (Å²) in [6.45, 7) is 5.35. The van der Waals surface area contributed by atoms with Crippen LogP contribution >= 0.6 is 0 Å². The summed E-state index contributed by atoms with van der Waals surface area (Å²) in [6, 6.07) is -0.661. The number of morpholine rings is 1. The van der Waals surface area contributed by atoms with Crippen LogP contribution in [0.3, 0.4) is 0 Å². The minimum absolute atomic E-state index is 0.0159. The van der Waals surface area contributed by atoms with Gasteiger partial charge in [-0.3, -0.25) is 9.59 Å². The maximum absolute atomic E-state index is 12.7. The van der Waals surface area contributed by atoms with E-state index in [2.05, 4.69) is 5.32 Å². The summed E-state index contributed by atoms with van der Waals surface area (Å²) in [6.07, 6.45) is 0.840. The zero-order chi connectivity index (χ0) is 17.0. The van der Waals surface area contributed by atoms with Gasteiger partial charge < -0.3 is 25.0 Å². The van der Waals surface area contributed by atoms with Crippen molar-refractivity contribution >= 4 is 17.9 Å². The molecular weight excluding hydrogens is 302 g/mol. The third-order valence-corrected chi connectivity index (χ3v) is 4.06. The highest BCUT2D eigenvalue weighted by atomic mass is 16.5. The van der Waals surface area contributed by atoms with Crippen LogP contribution in [-0.2, 0) is 14.3 Å². The Morgan fingerprint density at radius 1 is 1.30 bits per heavy atom. The van der Waals surface area contributed by atoms with Gasteiger partial charge >= 0.3 is 12.0 Å². The van der Waals surface area contributed by atoms with Gasteiger partial charge in [0.25, 0.3) is 0 Å². The van der Waals surface area contributed by atoms with Crippen LogP contribution in [0.2, 0.25) is 0 Å². The number of rotatable bonds is 4. The molecule has 0 saturated carbocycles. The standard InChI is InChI=1S/C15H25N3O5/c1-10(2)16-15(22)18-5-3-4-12(18)14(21)17-6-7-23-11(9-17)8-13(19)20/h10-12H,3-9H2,1-2H3,(H,16,22)(H,19,20)/t11?,12-/m0/s1. The highest BCUT2D eigenvalue weighted by molar-refractivity contribution is 5.88. The van der Waals surface area contributed by atoms with Crippen molar-refractivity contribution in [1.82, 2.24) is 15.1 Å². The van der Waals surface area contributed by atoms with E-state index >= 15 is 0 Å². The predicted molar refractivity (Wildman–Crippen MR) is 82.0 cm³/mol. The molecule has 0 aliphatic carbocycles. The number of nitrogens with zero attached hydrogens (tertiary/aromatic N) is 2. The second-order valence-corrected chi connectivity index (χ2v) is 6.33. The number of likely N-dealkylation sites (tertiary alicyclic amines) is 1. The van der Waals surface area contributed by atoms with Crippen LogP contribution in [0.4, 0.5) is 4.79 Å². The van der Waals surface area contributed by atoms with E-state index in [1.807, 2.05) is 13.8 Å². The molecule has 3 amide bonds. The largest absolute Gasteiger partial charge is 0.481 e. The fraction of sp³-hybridized carbons (Fsp3) is 0.800. The van der Waals surface area contributed by atoms with E-state index in [0.29, 0.717) is 26.1 Å². The van der Waals surface area contributed by atoms with Gasteiger partial charge in [-0.2, -0.15) is 0 Å². The third-order valence-electron chi connectivity index (χ3n) is 4.06. The number of carboxylic acids is 1. The average Bonchev–Trinajstić information content (AvgIpc) is 2.94. The third kappa shape index (κ3) is 4.57. The molecule has 8 nitrogen and oxygen atoms in total. The van der Waals surface area contributed by atoms with Crippen molar-refractivity contribution in [2.75, 3.05) is 26.2 Å². The van der Waals surface area contributed by atoms with Crippen molar-refractivity contribution in [2.24, 2.45) is 0 Å². The van der Waals surface area contributed by atoms with Gasteiger partial charge in [0.15, 0.2) is 0 Å². The number of carboxylic acid groups (broad SMARTS) is 1. The number of amides is 3. The molecule has 2 aliphatic heterocycles. The maximum Gasteiger partial charge on any atom is 0.318 e. The van der Waals surface area contributed by atoms with Crippen molar-refractivity contribution in [1.29, 1.82) is 0 Å². The Labute approximate surface area is 135 Å². The first-order valence-electron chi connectivity index (χ1n) is 8.07. The lowest BCUT2D eigenvalue weighted by molar-refractivity contribution is -0.149. The molecule has 0 spiro atoms. The van der Waals surface area contributed by atoms with Crippen LogP contribution in [0, 0.1) is 0 Å². The number of nitrogens with one attached hydrogen (secondary N) is 1. The molecule has 2 saturated heterocycles. The Bertz CT molecular complexity index is 468. The summed E-state index contributed by atoms with van der Waals surface area (Å²) in [5, 5.41) is 11.7. The van der Waals surface area contributed by atoms with Crippen molar-refractivity contribution in [3.63, 3.8) is 0 Å².